The molecule has 0 aliphatic carbocycles. The summed E-state index contributed by atoms with van der Waals surface area (Å²) in [5.74, 6) is -0.0191. The van der Waals surface area contributed by atoms with Crippen LogP contribution in [0.4, 0.5) is 0 Å². The Bertz CT molecular complexity index is 399. The van der Waals surface area contributed by atoms with E-state index in [1.807, 2.05) is 0 Å². The molecule has 0 atom stereocenters. The molecule has 2 nitrogen and oxygen atoms in total. The first-order valence-corrected chi connectivity index (χ1v) is 4.71. The van der Waals surface area contributed by atoms with Crippen molar-refractivity contribution in [3.05, 3.63) is 52.5 Å². The second-order valence-electron chi connectivity index (χ2n) is 2.50. The summed E-state index contributed by atoms with van der Waals surface area (Å²) in [7, 11) is 0. The van der Waals surface area contributed by atoms with Crippen LogP contribution in [0.5, 0.6) is 0 Å². The topological polar surface area (TPSA) is 30.0 Å². The summed E-state index contributed by atoms with van der Waals surface area (Å²) >= 11 is 1.47. The van der Waals surface area contributed by atoms with E-state index >= 15 is 0 Å². The Hall–Kier alpha value is -0.883. The van der Waals surface area contributed by atoms with Gasteiger partial charge in [0.1, 0.15) is 0 Å². The van der Waals surface area contributed by atoms with Crippen molar-refractivity contribution in [2.24, 2.45) is 0 Å². The molecule has 0 spiro atoms. The second kappa shape index (κ2) is 5.11. The third-order valence-electron chi connectivity index (χ3n) is 1.64. The molecule has 0 saturated heterocycles. The van der Waals surface area contributed by atoms with Crippen molar-refractivity contribution in [1.82, 2.24) is 4.98 Å². The molecule has 2 aromatic heterocycles. The zero-order valence-corrected chi connectivity index (χ0v) is 8.54. The Morgan fingerprint density at radius 3 is 2.93 bits per heavy atom. The van der Waals surface area contributed by atoms with Gasteiger partial charge in [0.05, 0.1) is 5.78 Å². The van der Waals surface area contributed by atoms with Crippen LogP contribution in [-0.4, -0.2) is 10.8 Å². The maximum absolute atomic E-state index is 11.6. The van der Waals surface area contributed by atoms with E-state index in [9.17, 15) is 4.79 Å². The summed E-state index contributed by atoms with van der Waals surface area (Å²) in [4.78, 5) is 15.5. The number of thiophene rings is 1. The first kappa shape index (κ1) is 11.2. The molecule has 0 fully saturated rings. The molecule has 0 N–H and O–H groups in total. The van der Waals surface area contributed by atoms with Gasteiger partial charge in [0, 0.05) is 12.4 Å². The van der Waals surface area contributed by atoms with Crippen LogP contribution >= 0.6 is 11.3 Å². The SMILES string of the molecule is O=C(c1[c-]csc1)c1cccnc1.[Li+]. The smallest absolute Gasteiger partial charge is 0.365 e. The van der Waals surface area contributed by atoms with Gasteiger partial charge in [0.2, 0.25) is 0 Å². The summed E-state index contributed by atoms with van der Waals surface area (Å²) in [5, 5.41) is 3.55. The van der Waals surface area contributed by atoms with E-state index in [1.54, 1.807) is 35.3 Å². The number of hydrogen-bond donors (Lipinski definition) is 0. The van der Waals surface area contributed by atoms with E-state index in [0.29, 0.717) is 11.1 Å². The molecule has 0 saturated carbocycles. The quantitative estimate of drug-likeness (QED) is 0.356. The van der Waals surface area contributed by atoms with Crippen molar-refractivity contribution in [3.8, 4) is 0 Å². The van der Waals surface area contributed by atoms with E-state index in [1.165, 1.54) is 11.3 Å². The number of nitrogens with zero attached hydrogens (tertiary/aromatic N) is 1. The molecule has 4 heteroatoms. The van der Waals surface area contributed by atoms with Crippen LogP contribution in [0.2, 0.25) is 0 Å². The van der Waals surface area contributed by atoms with Crippen molar-refractivity contribution in [1.29, 1.82) is 0 Å². The molecular formula is C10H6LiNOS. The van der Waals surface area contributed by atoms with Gasteiger partial charge in [-0.2, -0.15) is 6.07 Å². The Labute approximate surface area is 98.2 Å². The molecule has 0 aliphatic heterocycles. The van der Waals surface area contributed by atoms with Crippen LogP contribution < -0.4 is 18.9 Å². The van der Waals surface area contributed by atoms with Gasteiger partial charge in [-0.3, -0.25) is 4.98 Å². The van der Waals surface area contributed by atoms with Gasteiger partial charge in [-0.25, -0.2) is 11.3 Å². The third kappa shape index (κ3) is 2.33. The summed E-state index contributed by atoms with van der Waals surface area (Å²) in [6.07, 6.45) is 3.21. The van der Waals surface area contributed by atoms with Gasteiger partial charge >= 0.3 is 18.9 Å². The normalized spacial score (nSPS) is 9.14. The molecule has 0 radical (unpaired) electrons. The molecule has 0 aromatic carbocycles. The predicted octanol–water partition coefficient (Wildman–Crippen LogP) is -0.822. The predicted molar refractivity (Wildman–Crippen MR) is 50.8 cm³/mol. The minimum atomic E-state index is -0.0191. The van der Waals surface area contributed by atoms with Crippen LogP contribution in [0.1, 0.15) is 15.9 Å². The first-order valence-electron chi connectivity index (χ1n) is 3.76. The number of rotatable bonds is 2. The van der Waals surface area contributed by atoms with E-state index in [2.05, 4.69) is 11.1 Å². The van der Waals surface area contributed by atoms with Gasteiger partial charge in [0.25, 0.3) is 0 Å². The van der Waals surface area contributed by atoms with Crippen molar-refractivity contribution in [2.75, 3.05) is 0 Å². The number of hydrogen-bond acceptors (Lipinski definition) is 3. The molecule has 2 rings (SSSR count). The molecular weight excluding hydrogens is 189 g/mol. The summed E-state index contributed by atoms with van der Waals surface area (Å²) in [6.45, 7) is 0. The Balaban J connectivity index is 0.000000980. The zero-order chi connectivity index (χ0) is 9.10. The van der Waals surface area contributed by atoms with E-state index in [0.717, 1.165) is 0 Å². The van der Waals surface area contributed by atoms with Crippen molar-refractivity contribution in [2.45, 2.75) is 0 Å². The van der Waals surface area contributed by atoms with Crippen LogP contribution in [-0.2, 0) is 0 Å². The van der Waals surface area contributed by atoms with E-state index in [-0.39, 0.29) is 24.6 Å². The fourth-order valence-electron chi connectivity index (χ4n) is 1.01. The third-order valence-corrected chi connectivity index (χ3v) is 2.26. The fraction of sp³-hybridized carbons (Fsp3) is 0. The van der Waals surface area contributed by atoms with Gasteiger partial charge in [-0.05, 0) is 11.6 Å². The van der Waals surface area contributed by atoms with Gasteiger partial charge in [-0.15, -0.1) is 10.9 Å². The second-order valence-corrected chi connectivity index (χ2v) is 3.24. The average molecular weight is 195 g/mol. The molecule has 2 heterocycles. The minimum Gasteiger partial charge on any atom is -0.365 e. The number of carbonyl (C=O) groups is 1. The van der Waals surface area contributed by atoms with Crippen molar-refractivity contribution >= 4 is 17.1 Å². The van der Waals surface area contributed by atoms with Crippen LogP contribution in [0.3, 0.4) is 0 Å². The standard InChI is InChI=1S/C10H6NOS.Li/c12-10(9-3-5-13-7-9)8-2-1-4-11-6-8;/h1-2,4-7H;/q-1;+1. The van der Waals surface area contributed by atoms with Crippen LogP contribution in [0, 0.1) is 6.07 Å². The minimum absolute atomic E-state index is 0. The summed E-state index contributed by atoms with van der Waals surface area (Å²) in [6, 6.07) is 6.38. The van der Waals surface area contributed by atoms with Crippen molar-refractivity contribution in [3.63, 3.8) is 0 Å². The Morgan fingerprint density at radius 1 is 1.50 bits per heavy atom. The summed E-state index contributed by atoms with van der Waals surface area (Å²) < 4.78 is 0. The Kier molecular flexibility index (Phi) is 4.09. The molecule has 2 aromatic rings. The Morgan fingerprint density at radius 2 is 2.36 bits per heavy atom. The molecule has 0 bridgehead atoms. The van der Waals surface area contributed by atoms with Crippen LogP contribution in [0.15, 0.2) is 35.3 Å². The van der Waals surface area contributed by atoms with Gasteiger partial charge < -0.3 is 4.79 Å². The fourth-order valence-corrected chi connectivity index (χ4v) is 1.58. The number of pyridine rings is 1. The maximum atomic E-state index is 11.6. The zero-order valence-electron chi connectivity index (χ0n) is 7.73. The number of aromatic nitrogens is 1. The molecule has 0 amide bonds. The number of carbonyl (C=O) groups excluding carboxylic acids is 1. The largest absolute Gasteiger partial charge is 1.00 e. The maximum Gasteiger partial charge on any atom is 1.00 e. The van der Waals surface area contributed by atoms with Crippen molar-refractivity contribution < 1.29 is 23.7 Å². The molecule has 0 aliphatic rings. The average Bonchev–Trinajstić information content (AvgIpc) is 2.71. The first-order chi connectivity index (χ1) is 6.38. The molecule has 64 valence electrons. The van der Waals surface area contributed by atoms with Gasteiger partial charge in [0.15, 0.2) is 0 Å². The summed E-state index contributed by atoms with van der Waals surface area (Å²) in [5.41, 5.74) is 1.22. The molecule has 14 heavy (non-hydrogen) atoms. The van der Waals surface area contributed by atoms with Crippen LogP contribution in [0.25, 0.3) is 0 Å². The monoisotopic (exact) mass is 195 g/mol. The van der Waals surface area contributed by atoms with E-state index in [4.69, 9.17) is 0 Å². The van der Waals surface area contributed by atoms with Gasteiger partial charge in [-0.1, -0.05) is 11.4 Å². The van der Waals surface area contributed by atoms with E-state index < -0.39 is 0 Å². The number of ketones is 1. The molecule has 0 unspecified atom stereocenters.